The van der Waals surface area contributed by atoms with Crippen molar-refractivity contribution < 1.29 is 0 Å². The Morgan fingerprint density at radius 1 is 1.11 bits per heavy atom. The Balaban J connectivity index is 2.55. The van der Waals surface area contributed by atoms with Crippen molar-refractivity contribution in [3.63, 3.8) is 0 Å². The van der Waals surface area contributed by atoms with Crippen LogP contribution in [0.3, 0.4) is 0 Å². The van der Waals surface area contributed by atoms with E-state index in [1.165, 1.54) is 27.8 Å². The summed E-state index contributed by atoms with van der Waals surface area (Å²) >= 11 is 0. The third kappa shape index (κ3) is 2.18. The molecule has 96 valence electrons. The van der Waals surface area contributed by atoms with Gasteiger partial charge in [-0.15, -0.1) is 0 Å². The zero-order valence-corrected chi connectivity index (χ0v) is 11.6. The molecule has 2 rings (SSSR count). The molecule has 0 aliphatic carbocycles. The van der Waals surface area contributed by atoms with E-state index in [0.29, 0.717) is 6.54 Å². The molecule has 0 aliphatic rings. The van der Waals surface area contributed by atoms with E-state index in [2.05, 4.69) is 44.9 Å². The van der Waals surface area contributed by atoms with Gasteiger partial charge >= 0.3 is 0 Å². The van der Waals surface area contributed by atoms with Crippen molar-refractivity contribution in [1.82, 2.24) is 9.55 Å². The highest BCUT2D eigenvalue weighted by Crippen LogP contribution is 2.30. The Bertz CT molecular complexity index is 541. The van der Waals surface area contributed by atoms with Crippen LogP contribution in [-0.2, 0) is 6.54 Å². The van der Waals surface area contributed by atoms with Gasteiger partial charge in [-0.1, -0.05) is 6.07 Å². The first kappa shape index (κ1) is 12.8. The highest BCUT2D eigenvalue weighted by Gasteiger charge is 2.12. The molecule has 0 saturated carbocycles. The van der Waals surface area contributed by atoms with Crippen molar-refractivity contribution in [1.29, 1.82) is 0 Å². The Morgan fingerprint density at radius 3 is 2.28 bits per heavy atom. The summed E-state index contributed by atoms with van der Waals surface area (Å²) in [6.45, 7) is 10.1. The Labute approximate surface area is 109 Å². The molecular formula is C15H21N3. The van der Waals surface area contributed by atoms with Crippen molar-refractivity contribution in [2.45, 2.75) is 34.2 Å². The third-order valence-corrected chi connectivity index (χ3v) is 3.64. The molecule has 0 radical (unpaired) electrons. The molecule has 1 aromatic carbocycles. The number of hydrogen-bond donors (Lipinski definition) is 1. The number of aromatic nitrogens is 2. The number of nitrogens with zero attached hydrogens (tertiary/aromatic N) is 2. The van der Waals surface area contributed by atoms with E-state index in [1.807, 2.05) is 10.9 Å². The van der Waals surface area contributed by atoms with Crippen LogP contribution in [0, 0.1) is 27.7 Å². The highest BCUT2D eigenvalue weighted by atomic mass is 15.0. The standard InChI is InChI=1S/C15H21N3/c1-10-7-11(2)13(4)15(12(10)3)14-8-18(6-5-16)9-17-14/h7-9H,5-6,16H2,1-4H3. The largest absolute Gasteiger partial charge is 0.336 e. The van der Waals surface area contributed by atoms with Crippen LogP contribution in [0.1, 0.15) is 22.3 Å². The smallest absolute Gasteiger partial charge is 0.0954 e. The first-order valence-electron chi connectivity index (χ1n) is 6.34. The Hall–Kier alpha value is -1.61. The number of rotatable bonds is 3. The maximum Gasteiger partial charge on any atom is 0.0954 e. The maximum absolute atomic E-state index is 5.57. The molecule has 2 aromatic rings. The van der Waals surface area contributed by atoms with Crippen molar-refractivity contribution in [2.75, 3.05) is 6.54 Å². The highest BCUT2D eigenvalue weighted by molar-refractivity contribution is 5.70. The average molecular weight is 243 g/mol. The third-order valence-electron chi connectivity index (χ3n) is 3.64. The van der Waals surface area contributed by atoms with E-state index in [4.69, 9.17) is 5.73 Å². The molecule has 3 heteroatoms. The Kier molecular flexibility index (Phi) is 3.53. The lowest BCUT2D eigenvalue weighted by Crippen LogP contribution is -2.07. The van der Waals surface area contributed by atoms with E-state index in [0.717, 1.165) is 12.2 Å². The van der Waals surface area contributed by atoms with E-state index in [1.54, 1.807) is 0 Å². The molecule has 2 N–H and O–H groups in total. The van der Waals surface area contributed by atoms with E-state index >= 15 is 0 Å². The lowest BCUT2D eigenvalue weighted by molar-refractivity contribution is 0.708. The van der Waals surface area contributed by atoms with Crippen molar-refractivity contribution >= 4 is 0 Å². The number of aryl methyl sites for hydroxylation is 2. The fourth-order valence-electron chi connectivity index (χ4n) is 2.36. The predicted octanol–water partition coefficient (Wildman–Crippen LogP) is 2.74. The number of imidazole rings is 1. The zero-order chi connectivity index (χ0) is 13.3. The topological polar surface area (TPSA) is 43.8 Å². The fourth-order valence-corrected chi connectivity index (χ4v) is 2.36. The second kappa shape index (κ2) is 4.94. The zero-order valence-electron chi connectivity index (χ0n) is 11.6. The number of benzene rings is 1. The molecule has 0 atom stereocenters. The summed E-state index contributed by atoms with van der Waals surface area (Å²) in [6, 6.07) is 2.24. The number of nitrogens with two attached hydrogens (primary N) is 1. The van der Waals surface area contributed by atoms with Gasteiger partial charge in [0.1, 0.15) is 0 Å². The summed E-state index contributed by atoms with van der Waals surface area (Å²) in [5.41, 5.74) is 13.2. The summed E-state index contributed by atoms with van der Waals surface area (Å²) in [5, 5.41) is 0. The summed E-state index contributed by atoms with van der Waals surface area (Å²) in [5.74, 6) is 0. The first-order valence-corrected chi connectivity index (χ1v) is 6.34. The molecule has 3 nitrogen and oxygen atoms in total. The molecule has 18 heavy (non-hydrogen) atoms. The second-order valence-electron chi connectivity index (χ2n) is 4.92. The SMILES string of the molecule is Cc1cc(C)c(C)c(-c2cn(CCN)cn2)c1C. The summed E-state index contributed by atoms with van der Waals surface area (Å²) in [4.78, 5) is 4.52. The van der Waals surface area contributed by atoms with Crippen LogP contribution in [0.2, 0.25) is 0 Å². The monoisotopic (exact) mass is 243 g/mol. The molecule has 0 spiro atoms. The molecule has 0 unspecified atom stereocenters. The average Bonchev–Trinajstić information content (AvgIpc) is 2.76. The van der Waals surface area contributed by atoms with Gasteiger partial charge in [0, 0.05) is 24.8 Å². The van der Waals surface area contributed by atoms with Gasteiger partial charge in [-0.05, 0) is 49.9 Å². The van der Waals surface area contributed by atoms with Crippen molar-refractivity contribution in [2.24, 2.45) is 5.73 Å². The van der Waals surface area contributed by atoms with Crippen LogP contribution < -0.4 is 5.73 Å². The van der Waals surface area contributed by atoms with Crippen molar-refractivity contribution in [3.8, 4) is 11.3 Å². The second-order valence-corrected chi connectivity index (χ2v) is 4.92. The van der Waals surface area contributed by atoms with Gasteiger partial charge in [0.2, 0.25) is 0 Å². The van der Waals surface area contributed by atoms with Crippen LogP contribution in [0.4, 0.5) is 0 Å². The molecule has 0 bridgehead atoms. The lowest BCUT2D eigenvalue weighted by atomic mass is 9.93. The Morgan fingerprint density at radius 2 is 1.72 bits per heavy atom. The summed E-state index contributed by atoms with van der Waals surface area (Å²) < 4.78 is 2.05. The molecule has 0 fully saturated rings. The van der Waals surface area contributed by atoms with Gasteiger partial charge in [-0.2, -0.15) is 0 Å². The predicted molar refractivity (Wildman–Crippen MR) is 75.7 cm³/mol. The maximum atomic E-state index is 5.57. The molecule has 1 aromatic heterocycles. The van der Waals surface area contributed by atoms with Crippen LogP contribution in [-0.4, -0.2) is 16.1 Å². The molecule has 1 heterocycles. The molecule has 0 amide bonds. The quantitative estimate of drug-likeness (QED) is 0.900. The van der Waals surface area contributed by atoms with Crippen LogP contribution in [0.5, 0.6) is 0 Å². The van der Waals surface area contributed by atoms with E-state index in [-0.39, 0.29) is 0 Å². The van der Waals surface area contributed by atoms with Gasteiger partial charge in [-0.3, -0.25) is 0 Å². The molecular weight excluding hydrogens is 222 g/mol. The van der Waals surface area contributed by atoms with Crippen LogP contribution in [0.15, 0.2) is 18.6 Å². The normalized spacial score (nSPS) is 10.9. The summed E-state index contributed by atoms with van der Waals surface area (Å²) in [6.07, 6.45) is 3.94. The minimum absolute atomic E-state index is 0.639. The molecule has 0 aliphatic heterocycles. The molecule has 0 saturated heterocycles. The van der Waals surface area contributed by atoms with E-state index in [9.17, 15) is 0 Å². The van der Waals surface area contributed by atoms with Crippen LogP contribution >= 0.6 is 0 Å². The van der Waals surface area contributed by atoms with E-state index < -0.39 is 0 Å². The van der Waals surface area contributed by atoms with Gasteiger partial charge in [0.25, 0.3) is 0 Å². The fraction of sp³-hybridized carbons (Fsp3) is 0.400. The summed E-state index contributed by atoms with van der Waals surface area (Å²) in [7, 11) is 0. The van der Waals surface area contributed by atoms with Gasteiger partial charge in [-0.25, -0.2) is 4.98 Å². The van der Waals surface area contributed by atoms with Gasteiger partial charge in [0.05, 0.1) is 12.0 Å². The first-order chi connectivity index (χ1) is 8.54. The van der Waals surface area contributed by atoms with Gasteiger partial charge in [0.15, 0.2) is 0 Å². The minimum Gasteiger partial charge on any atom is -0.336 e. The lowest BCUT2D eigenvalue weighted by Gasteiger charge is -2.13. The number of hydrogen-bond acceptors (Lipinski definition) is 2. The van der Waals surface area contributed by atoms with Crippen molar-refractivity contribution in [3.05, 3.63) is 40.8 Å². The van der Waals surface area contributed by atoms with Gasteiger partial charge < -0.3 is 10.3 Å². The van der Waals surface area contributed by atoms with Crippen LogP contribution in [0.25, 0.3) is 11.3 Å². The minimum atomic E-state index is 0.639.